The first-order valence-electron chi connectivity index (χ1n) is 10.5. The van der Waals surface area contributed by atoms with E-state index in [0.29, 0.717) is 12.0 Å². The van der Waals surface area contributed by atoms with Gasteiger partial charge < -0.3 is 10.2 Å². The first-order valence-corrected chi connectivity index (χ1v) is 11.5. The Morgan fingerprint density at radius 1 is 1.30 bits per heavy atom. The van der Waals surface area contributed by atoms with Crippen LogP contribution in [0.3, 0.4) is 0 Å². The van der Waals surface area contributed by atoms with E-state index in [1.165, 1.54) is 48.1 Å². The molecule has 0 radical (unpaired) electrons. The number of nitrogens with one attached hydrogen (secondary N) is 1. The molecule has 1 N–H and O–H groups in total. The van der Waals surface area contributed by atoms with Crippen LogP contribution >= 0.6 is 11.8 Å². The zero-order chi connectivity index (χ0) is 20.0. The number of nitrogens with zero attached hydrogens (tertiary/aromatic N) is 2. The molecule has 0 fully saturated rings. The number of aliphatic imine (C=N–C) groups is 1. The summed E-state index contributed by atoms with van der Waals surface area (Å²) in [6.07, 6.45) is 7.20. The summed E-state index contributed by atoms with van der Waals surface area (Å²) in [6.45, 7) is 13.2. The molecule has 0 saturated carbocycles. The minimum absolute atomic E-state index is 0.280. The summed E-state index contributed by atoms with van der Waals surface area (Å²) in [5, 5.41) is 3.80. The SMILES string of the molecule is C=Nc1c(SCNC(CCC(C)(CC)N(C)C)C(C)C)ccc2c1CCC2. The van der Waals surface area contributed by atoms with Crippen LogP contribution in [0.1, 0.15) is 64.5 Å². The highest BCUT2D eigenvalue weighted by molar-refractivity contribution is 7.99. The second kappa shape index (κ2) is 10.1. The Labute approximate surface area is 171 Å². The zero-order valence-corrected chi connectivity index (χ0v) is 19.1. The van der Waals surface area contributed by atoms with Gasteiger partial charge in [0.2, 0.25) is 0 Å². The van der Waals surface area contributed by atoms with Gasteiger partial charge in [-0.1, -0.05) is 26.8 Å². The van der Waals surface area contributed by atoms with Crippen LogP contribution in [-0.2, 0) is 12.8 Å². The summed E-state index contributed by atoms with van der Waals surface area (Å²) in [6, 6.07) is 5.08. The number of hydrogen-bond donors (Lipinski definition) is 1. The van der Waals surface area contributed by atoms with E-state index < -0.39 is 0 Å². The molecule has 1 aromatic rings. The monoisotopic (exact) mass is 389 g/mol. The van der Waals surface area contributed by atoms with E-state index in [1.54, 1.807) is 0 Å². The molecule has 2 atom stereocenters. The summed E-state index contributed by atoms with van der Waals surface area (Å²) in [5.74, 6) is 1.56. The van der Waals surface area contributed by atoms with E-state index in [0.717, 1.165) is 18.0 Å². The van der Waals surface area contributed by atoms with Crippen LogP contribution in [0.2, 0.25) is 0 Å². The van der Waals surface area contributed by atoms with Gasteiger partial charge in [-0.25, -0.2) is 0 Å². The molecular formula is C23H39N3S. The number of thioether (sulfide) groups is 1. The molecule has 0 aliphatic heterocycles. The maximum Gasteiger partial charge on any atom is 0.0793 e. The quantitative estimate of drug-likeness (QED) is 0.300. The normalized spacial score (nSPS) is 17.2. The molecule has 1 aliphatic rings. The van der Waals surface area contributed by atoms with Crippen LogP contribution in [0.4, 0.5) is 5.69 Å². The van der Waals surface area contributed by atoms with Crippen molar-refractivity contribution in [3.05, 3.63) is 23.3 Å². The lowest BCUT2D eigenvalue weighted by molar-refractivity contribution is 0.142. The van der Waals surface area contributed by atoms with Crippen molar-refractivity contribution in [1.82, 2.24) is 10.2 Å². The lowest BCUT2D eigenvalue weighted by Gasteiger charge is -2.37. The first-order chi connectivity index (χ1) is 12.8. The number of fused-ring (bicyclic) bond motifs is 1. The minimum Gasteiger partial charge on any atom is -0.305 e. The number of hydrogen-bond acceptors (Lipinski definition) is 4. The van der Waals surface area contributed by atoms with Crippen molar-refractivity contribution in [2.75, 3.05) is 20.0 Å². The third-order valence-electron chi connectivity index (χ3n) is 6.59. The summed E-state index contributed by atoms with van der Waals surface area (Å²) >= 11 is 1.87. The molecule has 0 aromatic heterocycles. The molecule has 0 heterocycles. The summed E-state index contributed by atoms with van der Waals surface area (Å²) < 4.78 is 0. The van der Waals surface area contributed by atoms with E-state index >= 15 is 0 Å². The van der Waals surface area contributed by atoms with Gasteiger partial charge in [0, 0.05) is 22.4 Å². The first kappa shape index (κ1) is 22.4. The average Bonchev–Trinajstić information content (AvgIpc) is 3.12. The molecule has 1 aromatic carbocycles. The van der Waals surface area contributed by atoms with Gasteiger partial charge in [-0.3, -0.25) is 4.99 Å². The molecule has 27 heavy (non-hydrogen) atoms. The van der Waals surface area contributed by atoms with Gasteiger partial charge >= 0.3 is 0 Å². The lowest BCUT2D eigenvalue weighted by Crippen LogP contribution is -2.43. The second-order valence-corrected chi connectivity index (χ2v) is 9.71. The van der Waals surface area contributed by atoms with Crippen molar-refractivity contribution in [1.29, 1.82) is 0 Å². The Balaban J connectivity index is 1.94. The fourth-order valence-corrected chi connectivity index (χ4v) is 4.94. The van der Waals surface area contributed by atoms with Crippen LogP contribution < -0.4 is 5.32 Å². The van der Waals surface area contributed by atoms with Crippen LogP contribution in [-0.4, -0.2) is 43.2 Å². The molecule has 3 nitrogen and oxygen atoms in total. The van der Waals surface area contributed by atoms with Crippen LogP contribution in [0.5, 0.6) is 0 Å². The van der Waals surface area contributed by atoms with Gasteiger partial charge in [0.15, 0.2) is 0 Å². The summed E-state index contributed by atoms with van der Waals surface area (Å²) in [4.78, 5) is 8.02. The van der Waals surface area contributed by atoms with Gasteiger partial charge in [-0.15, -0.1) is 11.8 Å². The van der Waals surface area contributed by atoms with Crippen molar-refractivity contribution in [2.45, 2.75) is 82.7 Å². The third kappa shape index (κ3) is 5.58. The van der Waals surface area contributed by atoms with E-state index in [1.807, 2.05) is 11.8 Å². The highest BCUT2D eigenvalue weighted by Gasteiger charge is 2.26. The predicted molar refractivity (Wildman–Crippen MR) is 122 cm³/mol. The number of aryl methyl sites for hydroxylation is 1. The zero-order valence-electron chi connectivity index (χ0n) is 18.3. The summed E-state index contributed by atoms with van der Waals surface area (Å²) in [7, 11) is 4.41. The fourth-order valence-electron chi connectivity index (χ4n) is 4.00. The van der Waals surface area contributed by atoms with Crippen LogP contribution in [0.25, 0.3) is 0 Å². The van der Waals surface area contributed by atoms with E-state index in [9.17, 15) is 0 Å². The van der Waals surface area contributed by atoms with E-state index in [2.05, 4.69) is 75.8 Å². The minimum atomic E-state index is 0.280. The average molecular weight is 390 g/mol. The lowest BCUT2D eigenvalue weighted by atomic mass is 9.87. The van der Waals surface area contributed by atoms with Gasteiger partial charge in [0.1, 0.15) is 0 Å². The molecule has 0 amide bonds. The topological polar surface area (TPSA) is 27.6 Å². The molecule has 0 spiro atoms. The molecule has 0 bridgehead atoms. The Morgan fingerprint density at radius 2 is 2.04 bits per heavy atom. The molecule has 2 unspecified atom stereocenters. The molecule has 4 heteroatoms. The molecule has 2 rings (SSSR count). The van der Waals surface area contributed by atoms with Crippen LogP contribution in [0, 0.1) is 5.92 Å². The Hall–Kier alpha value is -0.840. The Kier molecular flexibility index (Phi) is 8.39. The van der Waals surface area contributed by atoms with E-state index in [4.69, 9.17) is 0 Å². The second-order valence-electron chi connectivity index (χ2n) is 8.69. The maximum atomic E-state index is 4.37. The summed E-state index contributed by atoms with van der Waals surface area (Å²) in [5.41, 5.74) is 4.31. The highest BCUT2D eigenvalue weighted by Crippen LogP contribution is 2.38. The Bertz CT molecular complexity index is 626. The van der Waals surface area contributed by atoms with Crippen molar-refractivity contribution in [3.63, 3.8) is 0 Å². The smallest absolute Gasteiger partial charge is 0.0793 e. The van der Waals surface area contributed by atoms with Gasteiger partial charge in [-0.05, 0) is 89.4 Å². The van der Waals surface area contributed by atoms with Crippen molar-refractivity contribution in [3.8, 4) is 0 Å². The maximum absolute atomic E-state index is 4.37. The predicted octanol–water partition coefficient (Wildman–Crippen LogP) is 5.68. The number of rotatable bonds is 11. The van der Waals surface area contributed by atoms with Gasteiger partial charge in [0.25, 0.3) is 0 Å². The Morgan fingerprint density at radius 3 is 2.63 bits per heavy atom. The standard InChI is InChI=1S/C23H39N3S/c1-8-23(4,26(6)7)15-14-20(17(2)3)25-16-27-21-13-12-18-10-9-11-19(18)22(21)24-5/h12-13,17,20,25H,5,8-11,14-16H2,1-4,6-7H3. The fraction of sp³-hybridized carbons (Fsp3) is 0.696. The molecule has 152 valence electrons. The molecule has 1 aliphatic carbocycles. The van der Waals surface area contributed by atoms with Crippen molar-refractivity contribution >= 4 is 24.2 Å². The van der Waals surface area contributed by atoms with Crippen molar-refractivity contribution < 1.29 is 0 Å². The van der Waals surface area contributed by atoms with Gasteiger partial charge in [0.05, 0.1) is 5.69 Å². The van der Waals surface area contributed by atoms with Crippen LogP contribution in [0.15, 0.2) is 22.0 Å². The van der Waals surface area contributed by atoms with Gasteiger partial charge in [-0.2, -0.15) is 0 Å². The molecular weight excluding hydrogens is 350 g/mol. The third-order valence-corrected chi connectivity index (χ3v) is 7.54. The number of benzene rings is 1. The van der Waals surface area contributed by atoms with Crippen molar-refractivity contribution in [2.24, 2.45) is 10.9 Å². The van der Waals surface area contributed by atoms with E-state index in [-0.39, 0.29) is 5.54 Å². The highest BCUT2D eigenvalue weighted by atomic mass is 32.2. The largest absolute Gasteiger partial charge is 0.305 e. The molecule has 0 saturated heterocycles.